The predicted molar refractivity (Wildman–Crippen MR) is 104 cm³/mol. The van der Waals surface area contributed by atoms with Crippen LogP contribution >= 0.6 is 0 Å². The molecule has 0 radical (unpaired) electrons. The molecule has 0 unspecified atom stereocenters. The van der Waals surface area contributed by atoms with Gasteiger partial charge in [-0.05, 0) is 43.3 Å². The Kier molecular flexibility index (Phi) is 5.86. The van der Waals surface area contributed by atoms with Gasteiger partial charge >= 0.3 is 0 Å². The SMILES string of the molecule is CCOc1ccc(C(=O)CCC(=O)NCc2nc3ccccc3n2C)cc1. The van der Waals surface area contributed by atoms with Crippen LogP contribution in [0.15, 0.2) is 48.5 Å². The van der Waals surface area contributed by atoms with E-state index >= 15 is 0 Å². The van der Waals surface area contributed by atoms with Crippen LogP contribution in [0.2, 0.25) is 0 Å². The van der Waals surface area contributed by atoms with Crippen LogP contribution in [-0.2, 0) is 18.4 Å². The van der Waals surface area contributed by atoms with Crippen LogP contribution in [0.4, 0.5) is 0 Å². The topological polar surface area (TPSA) is 73.2 Å². The van der Waals surface area contributed by atoms with E-state index in [2.05, 4.69) is 10.3 Å². The van der Waals surface area contributed by atoms with Crippen LogP contribution < -0.4 is 10.1 Å². The summed E-state index contributed by atoms with van der Waals surface area (Å²) in [5.41, 5.74) is 2.50. The minimum atomic E-state index is -0.165. The van der Waals surface area contributed by atoms with E-state index < -0.39 is 0 Å². The van der Waals surface area contributed by atoms with Gasteiger partial charge in [0.1, 0.15) is 11.6 Å². The lowest BCUT2D eigenvalue weighted by Crippen LogP contribution is -2.24. The minimum absolute atomic E-state index is 0.0593. The van der Waals surface area contributed by atoms with Gasteiger partial charge in [0.15, 0.2) is 5.78 Å². The molecule has 0 atom stereocenters. The molecule has 0 saturated heterocycles. The molecule has 1 heterocycles. The van der Waals surface area contributed by atoms with Gasteiger partial charge in [0, 0.05) is 25.5 Å². The monoisotopic (exact) mass is 365 g/mol. The number of rotatable bonds is 8. The fourth-order valence-corrected chi connectivity index (χ4v) is 2.89. The van der Waals surface area contributed by atoms with E-state index in [1.807, 2.05) is 42.8 Å². The first-order valence-electron chi connectivity index (χ1n) is 9.01. The molecule has 0 spiro atoms. The van der Waals surface area contributed by atoms with E-state index in [1.165, 1.54) is 0 Å². The van der Waals surface area contributed by atoms with Crippen LogP contribution in [0.3, 0.4) is 0 Å². The lowest BCUT2D eigenvalue weighted by atomic mass is 10.1. The molecule has 6 heteroatoms. The zero-order valence-electron chi connectivity index (χ0n) is 15.6. The van der Waals surface area contributed by atoms with Gasteiger partial charge in [0.2, 0.25) is 5.91 Å². The second kappa shape index (κ2) is 8.49. The summed E-state index contributed by atoms with van der Waals surface area (Å²) in [5.74, 6) is 1.29. The molecule has 27 heavy (non-hydrogen) atoms. The van der Waals surface area contributed by atoms with Crippen molar-refractivity contribution in [2.45, 2.75) is 26.3 Å². The van der Waals surface area contributed by atoms with E-state index in [-0.39, 0.29) is 24.5 Å². The minimum Gasteiger partial charge on any atom is -0.494 e. The summed E-state index contributed by atoms with van der Waals surface area (Å²) in [6.45, 7) is 2.82. The Morgan fingerprint density at radius 2 is 1.81 bits per heavy atom. The van der Waals surface area contributed by atoms with Crippen LogP contribution in [0, 0.1) is 0 Å². The highest BCUT2D eigenvalue weighted by Gasteiger charge is 2.11. The summed E-state index contributed by atoms with van der Waals surface area (Å²) >= 11 is 0. The number of nitrogens with one attached hydrogen (secondary N) is 1. The van der Waals surface area contributed by atoms with Gasteiger partial charge in [0.05, 0.1) is 24.2 Å². The number of fused-ring (bicyclic) bond motifs is 1. The molecule has 140 valence electrons. The number of imidazole rings is 1. The van der Waals surface area contributed by atoms with Gasteiger partial charge in [-0.25, -0.2) is 4.98 Å². The van der Waals surface area contributed by atoms with Gasteiger partial charge in [-0.1, -0.05) is 12.1 Å². The first-order valence-corrected chi connectivity index (χ1v) is 9.01. The molecule has 6 nitrogen and oxygen atoms in total. The van der Waals surface area contributed by atoms with Crippen LogP contribution in [0.1, 0.15) is 35.9 Å². The molecule has 0 saturated carbocycles. The lowest BCUT2D eigenvalue weighted by molar-refractivity contribution is -0.121. The molecule has 0 aliphatic heterocycles. The second-order valence-corrected chi connectivity index (χ2v) is 6.23. The fraction of sp³-hybridized carbons (Fsp3) is 0.286. The lowest BCUT2D eigenvalue weighted by Gasteiger charge is -2.06. The van der Waals surface area contributed by atoms with Crippen molar-refractivity contribution in [1.82, 2.24) is 14.9 Å². The molecule has 0 aliphatic rings. The van der Waals surface area contributed by atoms with Crippen molar-refractivity contribution in [1.29, 1.82) is 0 Å². The molecular formula is C21H23N3O3. The Balaban J connectivity index is 1.50. The molecule has 0 aliphatic carbocycles. The second-order valence-electron chi connectivity index (χ2n) is 6.23. The molecule has 1 N–H and O–H groups in total. The van der Waals surface area contributed by atoms with E-state index in [9.17, 15) is 9.59 Å². The summed E-state index contributed by atoms with van der Waals surface area (Å²) in [6.07, 6.45) is 0.318. The van der Waals surface area contributed by atoms with Gasteiger partial charge in [0.25, 0.3) is 0 Å². The Bertz CT molecular complexity index is 945. The highest BCUT2D eigenvalue weighted by atomic mass is 16.5. The average molecular weight is 365 g/mol. The average Bonchev–Trinajstić information content (AvgIpc) is 3.01. The van der Waals surface area contributed by atoms with Crippen molar-refractivity contribution in [2.75, 3.05) is 6.61 Å². The third kappa shape index (κ3) is 4.53. The first kappa shape index (κ1) is 18.6. The quantitative estimate of drug-likeness (QED) is 0.622. The number of nitrogens with zero attached hydrogens (tertiary/aromatic N) is 2. The Labute approximate surface area is 158 Å². The normalized spacial score (nSPS) is 10.7. The number of ketones is 1. The van der Waals surface area contributed by atoms with E-state index in [4.69, 9.17) is 4.74 Å². The molecular weight excluding hydrogens is 342 g/mol. The maximum atomic E-state index is 12.2. The number of carbonyl (C=O) groups is 2. The molecule has 0 bridgehead atoms. The summed E-state index contributed by atoms with van der Waals surface area (Å²) in [5, 5.41) is 2.84. The third-order valence-corrected chi connectivity index (χ3v) is 4.39. The zero-order valence-corrected chi connectivity index (χ0v) is 15.6. The maximum absolute atomic E-state index is 12.2. The molecule has 1 amide bonds. The fourth-order valence-electron chi connectivity index (χ4n) is 2.89. The van der Waals surface area contributed by atoms with E-state index in [0.29, 0.717) is 18.7 Å². The standard InChI is InChI=1S/C21H23N3O3/c1-3-27-16-10-8-15(9-11-16)19(25)12-13-21(26)22-14-20-23-17-6-4-5-7-18(17)24(20)2/h4-11H,3,12-14H2,1-2H3,(H,22,26). The molecule has 2 aromatic carbocycles. The van der Waals surface area contributed by atoms with Crippen LogP contribution in [0.25, 0.3) is 11.0 Å². The molecule has 1 aromatic heterocycles. The first-order chi connectivity index (χ1) is 13.1. The number of carbonyl (C=O) groups excluding carboxylic acids is 2. The molecule has 3 aromatic rings. The van der Waals surface area contributed by atoms with Crippen molar-refractivity contribution in [2.24, 2.45) is 7.05 Å². The summed E-state index contributed by atoms with van der Waals surface area (Å²) in [7, 11) is 1.92. The van der Waals surface area contributed by atoms with Gasteiger partial charge in [-0.15, -0.1) is 0 Å². The molecule has 3 rings (SSSR count). The van der Waals surface area contributed by atoms with Crippen molar-refractivity contribution >= 4 is 22.7 Å². The van der Waals surface area contributed by atoms with Gasteiger partial charge in [-0.2, -0.15) is 0 Å². The van der Waals surface area contributed by atoms with Crippen LogP contribution in [-0.4, -0.2) is 27.8 Å². The summed E-state index contributed by atoms with van der Waals surface area (Å²) in [4.78, 5) is 28.8. The highest BCUT2D eigenvalue weighted by molar-refractivity contribution is 5.98. The number of ether oxygens (including phenoxy) is 1. The number of benzene rings is 2. The number of amides is 1. The Morgan fingerprint density at radius 1 is 1.07 bits per heavy atom. The van der Waals surface area contributed by atoms with Gasteiger partial charge < -0.3 is 14.6 Å². The van der Waals surface area contributed by atoms with Crippen molar-refractivity contribution in [3.63, 3.8) is 0 Å². The number of Topliss-reactive ketones (excluding diaryl/α,β-unsaturated/α-hetero) is 1. The number of para-hydroxylation sites is 2. The molecule has 0 fully saturated rings. The summed E-state index contributed by atoms with van der Waals surface area (Å²) < 4.78 is 7.32. The zero-order chi connectivity index (χ0) is 19.2. The Hall–Kier alpha value is -3.15. The van der Waals surface area contributed by atoms with E-state index in [1.54, 1.807) is 24.3 Å². The highest BCUT2D eigenvalue weighted by Crippen LogP contribution is 2.15. The number of hydrogen-bond acceptors (Lipinski definition) is 4. The third-order valence-electron chi connectivity index (χ3n) is 4.39. The van der Waals surface area contributed by atoms with Crippen molar-refractivity contribution < 1.29 is 14.3 Å². The predicted octanol–water partition coefficient (Wildman–Crippen LogP) is 3.25. The van der Waals surface area contributed by atoms with Crippen molar-refractivity contribution in [3.05, 3.63) is 59.9 Å². The Morgan fingerprint density at radius 3 is 2.52 bits per heavy atom. The largest absolute Gasteiger partial charge is 0.494 e. The maximum Gasteiger partial charge on any atom is 0.220 e. The number of aryl methyl sites for hydroxylation is 1. The van der Waals surface area contributed by atoms with Crippen LogP contribution in [0.5, 0.6) is 5.75 Å². The van der Waals surface area contributed by atoms with Gasteiger partial charge in [-0.3, -0.25) is 9.59 Å². The van der Waals surface area contributed by atoms with E-state index in [0.717, 1.165) is 22.6 Å². The van der Waals surface area contributed by atoms with Crippen molar-refractivity contribution in [3.8, 4) is 5.75 Å². The number of hydrogen-bond donors (Lipinski definition) is 1. The summed E-state index contributed by atoms with van der Waals surface area (Å²) in [6, 6.07) is 14.8. The smallest absolute Gasteiger partial charge is 0.220 e. The number of aromatic nitrogens is 2.